The molecule has 1 spiro atoms. The number of rotatable bonds is 2. The number of carbonyl (C=O) groups is 1. The second-order valence-electron chi connectivity index (χ2n) is 6.89. The van der Waals surface area contributed by atoms with Crippen molar-refractivity contribution < 1.29 is 4.79 Å². The van der Waals surface area contributed by atoms with E-state index in [4.69, 9.17) is 0 Å². The van der Waals surface area contributed by atoms with Gasteiger partial charge in [-0.3, -0.25) is 10.1 Å². The van der Waals surface area contributed by atoms with Crippen LogP contribution < -0.4 is 5.32 Å². The normalized spacial score (nSPS) is 27.3. The van der Waals surface area contributed by atoms with E-state index >= 15 is 0 Å². The van der Waals surface area contributed by atoms with E-state index in [1.165, 1.54) is 22.3 Å². The molecule has 4 heteroatoms. The lowest BCUT2D eigenvalue weighted by atomic mass is 9.95. The van der Waals surface area contributed by atoms with Gasteiger partial charge in [0.1, 0.15) is 5.54 Å². The monoisotopic (exact) mass is 326 g/mol. The van der Waals surface area contributed by atoms with Crippen LogP contribution in [0.3, 0.4) is 0 Å². The van der Waals surface area contributed by atoms with Crippen LogP contribution in [0.5, 0.6) is 0 Å². The summed E-state index contributed by atoms with van der Waals surface area (Å²) in [5.41, 5.74) is 4.91. The number of nitrogens with zero attached hydrogens (tertiary/aromatic N) is 1. The number of amides is 1. The van der Waals surface area contributed by atoms with Crippen molar-refractivity contribution in [1.82, 2.24) is 10.2 Å². The molecule has 1 amide bonds. The molecule has 0 bridgehead atoms. The summed E-state index contributed by atoms with van der Waals surface area (Å²) < 4.78 is 0. The van der Waals surface area contributed by atoms with Crippen LogP contribution >= 0.6 is 11.3 Å². The van der Waals surface area contributed by atoms with Crippen molar-refractivity contribution in [3.8, 4) is 11.1 Å². The fraction of sp³-hybridized carbons (Fsp3) is 0.421. The van der Waals surface area contributed by atoms with E-state index in [1.54, 1.807) is 11.3 Å². The van der Waals surface area contributed by atoms with Gasteiger partial charge in [0.15, 0.2) is 0 Å². The fourth-order valence-corrected chi connectivity index (χ4v) is 4.85. The Bertz CT molecular complexity index is 753. The molecule has 120 valence electrons. The number of nitrogens with one attached hydrogen (secondary N) is 1. The quantitative estimate of drug-likeness (QED) is 0.911. The average Bonchev–Trinajstić information content (AvgIpc) is 3.25. The first-order chi connectivity index (χ1) is 11.1. The molecule has 1 aromatic carbocycles. The maximum absolute atomic E-state index is 12.5. The van der Waals surface area contributed by atoms with E-state index < -0.39 is 0 Å². The van der Waals surface area contributed by atoms with Gasteiger partial charge in [0.25, 0.3) is 0 Å². The standard InChI is InChI=1S/C19H22N2OS/c1-13-11-23-12-16(13)14-4-3-5-15(10-14)17-6-7-19(20-17)8-9-21(2)18(19)22/h3-5,10-12,17,20H,6-9H2,1-2H3/t17-,19-/m0/s1. The zero-order valence-corrected chi connectivity index (χ0v) is 14.5. The Morgan fingerprint density at radius 3 is 2.87 bits per heavy atom. The van der Waals surface area contributed by atoms with E-state index in [0.29, 0.717) is 0 Å². The summed E-state index contributed by atoms with van der Waals surface area (Å²) in [5, 5.41) is 8.07. The summed E-state index contributed by atoms with van der Waals surface area (Å²) >= 11 is 1.75. The first-order valence-electron chi connectivity index (χ1n) is 8.25. The van der Waals surface area contributed by atoms with Gasteiger partial charge in [0.05, 0.1) is 0 Å². The van der Waals surface area contributed by atoms with Crippen molar-refractivity contribution in [3.05, 3.63) is 46.2 Å². The van der Waals surface area contributed by atoms with Gasteiger partial charge in [0, 0.05) is 19.6 Å². The molecular weight excluding hydrogens is 304 g/mol. The van der Waals surface area contributed by atoms with Crippen molar-refractivity contribution >= 4 is 17.2 Å². The minimum absolute atomic E-state index is 0.268. The third-order valence-electron chi connectivity index (χ3n) is 5.40. The Morgan fingerprint density at radius 1 is 1.30 bits per heavy atom. The number of aryl methyl sites for hydroxylation is 1. The van der Waals surface area contributed by atoms with Crippen molar-refractivity contribution in [2.24, 2.45) is 0 Å². The number of likely N-dealkylation sites (tertiary alicyclic amines) is 1. The van der Waals surface area contributed by atoms with Crippen LogP contribution in [-0.4, -0.2) is 29.9 Å². The zero-order chi connectivity index (χ0) is 16.0. The highest BCUT2D eigenvalue weighted by Gasteiger charge is 2.49. The lowest BCUT2D eigenvalue weighted by Gasteiger charge is -2.23. The van der Waals surface area contributed by atoms with Gasteiger partial charge in [-0.05, 0) is 65.3 Å². The third kappa shape index (κ3) is 2.41. The van der Waals surface area contributed by atoms with Crippen LogP contribution in [0, 0.1) is 6.92 Å². The molecule has 3 nitrogen and oxygen atoms in total. The van der Waals surface area contributed by atoms with Crippen molar-refractivity contribution in [3.63, 3.8) is 0 Å². The van der Waals surface area contributed by atoms with Crippen LogP contribution in [0.15, 0.2) is 35.0 Å². The van der Waals surface area contributed by atoms with Gasteiger partial charge in [-0.25, -0.2) is 0 Å². The minimum Gasteiger partial charge on any atom is -0.344 e. The Hall–Kier alpha value is -1.65. The molecular formula is C19H22N2OS. The van der Waals surface area contributed by atoms with Crippen molar-refractivity contribution in [2.75, 3.05) is 13.6 Å². The van der Waals surface area contributed by atoms with Crippen LogP contribution in [0.1, 0.15) is 36.4 Å². The predicted octanol–water partition coefficient (Wildman–Crippen LogP) is 3.75. The number of hydrogen-bond acceptors (Lipinski definition) is 3. The second kappa shape index (κ2) is 5.46. The molecule has 2 aromatic rings. The van der Waals surface area contributed by atoms with Crippen molar-refractivity contribution in [1.29, 1.82) is 0 Å². The molecule has 1 aromatic heterocycles. The molecule has 4 rings (SSSR count). The average molecular weight is 326 g/mol. The zero-order valence-electron chi connectivity index (χ0n) is 13.6. The summed E-state index contributed by atoms with van der Waals surface area (Å²) in [6.45, 7) is 3.03. The number of benzene rings is 1. The Labute approximate surface area is 141 Å². The van der Waals surface area contributed by atoms with Gasteiger partial charge in [0.2, 0.25) is 5.91 Å². The van der Waals surface area contributed by atoms with Gasteiger partial charge in [-0.2, -0.15) is 11.3 Å². The summed E-state index contributed by atoms with van der Waals surface area (Å²) in [7, 11) is 1.91. The third-order valence-corrected chi connectivity index (χ3v) is 6.26. The molecule has 2 fully saturated rings. The molecule has 3 heterocycles. The largest absolute Gasteiger partial charge is 0.344 e. The maximum Gasteiger partial charge on any atom is 0.242 e. The molecule has 23 heavy (non-hydrogen) atoms. The highest BCUT2D eigenvalue weighted by molar-refractivity contribution is 7.08. The van der Waals surface area contributed by atoms with Crippen LogP contribution in [0.4, 0.5) is 0 Å². The summed E-state index contributed by atoms with van der Waals surface area (Å²) in [4.78, 5) is 14.3. The highest BCUT2D eigenvalue weighted by Crippen LogP contribution is 2.40. The van der Waals surface area contributed by atoms with Gasteiger partial charge >= 0.3 is 0 Å². The van der Waals surface area contributed by atoms with E-state index in [2.05, 4.69) is 47.3 Å². The minimum atomic E-state index is -0.312. The number of thiophene rings is 1. The first-order valence-corrected chi connectivity index (χ1v) is 9.20. The van der Waals surface area contributed by atoms with Crippen LogP contribution in [-0.2, 0) is 4.79 Å². The Kier molecular flexibility index (Phi) is 3.54. The number of carbonyl (C=O) groups excluding carboxylic acids is 1. The Balaban J connectivity index is 1.61. The van der Waals surface area contributed by atoms with Gasteiger partial charge < -0.3 is 4.90 Å². The molecule has 2 aliphatic heterocycles. The summed E-state index contributed by atoms with van der Waals surface area (Å²) in [6.07, 6.45) is 2.91. The SMILES string of the molecule is Cc1cscc1-c1cccc([C@@H]2CC[C@@]3(CCN(C)C3=O)N2)c1. The van der Waals surface area contributed by atoms with Crippen molar-refractivity contribution in [2.45, 2.75) is 37.8 Å². The molecule has 2 saturated heterocycles. The first kappa shape index (κ1) is 14.9. The van der Waals surface area contributed by atoms with E-state index in [-0.39, 0.29) is 17.5 Å². The van der Waals surface area contributed by atoms with E-state index in [9.17, 15) is 4.79 Å². The molecule has 0 aliphatic carbocycles. The fourth-order valence-electron chi connectivity index (χ4n) is 4.00. The molecule has 2 atom stereocenters. The molecule has 2 aliphatic rings. The number of hydrogen-bond donors (Lipinski definition) is 1. The molecule has 0 saturated carbocycles. The summed E-state index contributed by atoms with van der Waals surface area (Å²) in [6, 6.07) is 9.07. The molecule has 0 unspecified atom stereocenters. The maximum atomic E-state index is 12.5. The Morgan fingerprint density at radius 2 is 2.17 bits per heavy atom. The number of likely N-dealkylation sites (N-methyl/N-ethyl adjacent to an activating group) is 1. The van der Waals surface area contributed by atoms with Crippen LogP contribution in [0.2, 0.25) is 0 Å². The van der Waals surface area contributed by atoms with Crippen LogP contribution in [0.25, 0.3) is 11.1 Å². The van der Waals surface area contributed by atoms with Gasteiger partial charge in [-0.15, -0.1) is 0 Å². The predicted molar refractivity (Wildman–Crippen MR) is 94.6 cm³/mol. The van der Waals surface area contributed by atoms with E-state index in [1.807, 2.05) is 11.9 Å². The highest BCUT2D eigenvalue weighted by atomic mass is 32.1. The lowest BCUT2D eigenvalue weighted by Crippen LogP contribution is -2.47. The smallest absolute Gasteiger partial charge is 0.242 e. The van der Waals surface area contributed by atoms with Gasteiger partial charge in [-0.1, -0.05) is 18.2 Å². The summed E-state index contributed by atoms with van der Waals surface area (Å²) in [5.74, 6) is 0.268. The molecule has 0 radical (unpaired) electrons. The van der Waals surface area contributed by atoms with E-state index in [0.717, 1.165) is 25.8 Å². The lowest BCUT2D eigenvalue weighted by molar-refractivity contribution is -0.131. The second-order valence-corrected chi connectivity index (χ2v) is 7.63. The topological polar surface area (TPSA) is 32.3 Å². The molecule has 1 N–H and O–H groups in total.